The van der Waals surface area contributed by atoms with E-state index >= 15 is 0 Å². The molecule has 2 amide bonds. The van der Waals surface area contributed by atoms with Crippen LogP contribution in [0.25, 0.3) is 0 Å². The van der Waals surface area contributed by atoms with Crippen LogP contribution < -0.4 is 11.1 Å². The first-order valence-corrected chi connectivity index (χ1v) is 10.7. The summed E-state index contributed by atoms with van der Waals surface area (Å²) in [6.07, 6.45) is 8.76. The lowest BCUT2D eigenvalue weighted by atomic mass is 9.88. The number of hydrogen-bond acceptors (Lipinski definition) is 5. The van der Waals surface area contributed by atoms with E-state index < -0.39 is 0 Å². The minimum absolute atomic E-state index is 0. The maximum Gasteiger partial charge on any atom is 0.224 e. The average Bonchev–Trinajstić information content (AvgIpc) is 3.17. The molecule has 9 heteroatoms. The largest absolute Gasteiger partial charge is 0.379 e. The Bertz CT molecular complexity index is 512. The van der Waals surface area contributed by atoms with Gasteiger partial charge in [-0.1, -0.05) is 12.8 Å². The molecular formula is C20H38Cl2N4O3. The molecular weight excluding hydrogens is 415 g/mol. The molecule has 3 aliphatic rings. The van der Waals surface area contributed by atoms with Gasteiger partial charge in [0.2, 0.25) is 11.8 Å². The smallest absolute Gasteiger partial charge is 0.224 e. The summed E-state index contributed by atoms with van der Waals surface area (Å²) >= 11 is 0. The molecule has 170 valence electrons. The summed E-state index contributed by atoms with van der Waals surface area (Å²) in [4.78, 5) is 29.7. The second-order valence-corrected chi connectivity index (χ2v) is 8.29. The number of ether oxygens (including phenoxy) is 1. The number of nitrogens with two attached hydrogens (primary N) is 1. The molecule has 3 rings (SSSR count). The number of amides is 2. The number of halogens is 2. The maximum absolute atomic E-state index is 13.3. The Hall–Kier alpha value is -0.600. The molecule has 0 aromatic heterocycles. The number of likely N-dealkylation sites (tertiary alicyclic amines) is 1. The molecule has 0 aromatic rings. The molecule has 1 atom stereocenters. The predicted octanol–water partition coefficient (Wildman–Crippen LogP) is 1.71. The topological polar surface area (TPSA) is 87.9 Å². The Morgan fingerprint density at radius 1 is 1.03 bits per heavy atom. The third kappa shape index (κ3) is 6.96. The van der Waals surface area contributed by atoms with E-state index in [0.717, 1.165) is 65.0 Å². The number of piperidine rings is 1. The van der Waals surface area contributed by atoms with Gasteiger partial charge in [-0.15, -0.1) is 24.8 Å². The van der Waals surface area contributed by atoms with Crippen molar-refractivity contribution < 1.29 is 14.3 Å². The zero-order valence-electron chi connectivity index (χ0n) is 17.4. The van der Waals surface area contributed by atoms with Gasteiger partial charge in [-0.25, -0.2) is 0 Å². The van der Waals surface area contributed by atoms with Crippen LogP contribution in [0.1, 0.15) is 57.8 Å². The van der Waals surface area contributed by atoms with Gasteiger partial charge in [0.05, 0.1) is 13.2 Å². The zero-order valence-corrected chi connectivity index (χ0v) is 19.0. The van der Waals surface area contributed by atoms with Crippen LogP contribution in [0.5, 0.6) is 0 Å². The highest BCUT2D eigenvalue weighted by Gasteiger charge is 2.43. The quantitative estimate of drug-likeness (QED) is 0.613. The van der Waals surface area contributed by atoms with Gasteiger partial charge < -0.3 is 20.7 Å². The van der Waals surface area contributed by atoms with Gasteiger partial charge in [-0.2, -0.15) is 0 Å². The van der Waals surface area contributed by atoms with Gasteiger partial charge in [-0.3, -0.25) is 14.5 Å². The molecule has 7 nitrogen and oxygen atoms in total. The van der Waals surface area contributed by atoms with Crippen molar-refractivity contribution in [2.45, 2.75) is 69.4 Å². The Balaban J connectivity index is 0.00000210. The summed E-state index contributed by atoms with van der Waals surface area (Å²) in [7, 11) is 0. The first kappa shape index (κ1) is 26.4. The summed E-state index contributed by atoms with van der Waals surface area (Å²) in [5.74, 6) is 0.247. The molecule has 0 radical (unpaired) electrons. The van der Waals surface area contributed by atoms with Gasteiger partial charge in [0.1, 0.15) is 0 Å². The predicted molar refractivity (Wildman–Crippen MR) is 119 cm³/mol. The fourth-order valence-corrected chi connectivity index (χ4v) is 5.05. The minimum Gasteiger partial charge on any atom is -0.379 e. The average molecular weight is 453 g/mol. The number of morpholine rings is 1. The molecule has 2 aliphatic heterocycles. The molecule has 1 unspecified atom stereocenters. The number of carbonyl (C=O) groups is 2. The maximum atomic E-state index is 13.3. The first-order valence-electron chi connectivity index (χ1n) is 10.7. The third-order valence-electron chi connectivity index (χ3n) is 6.55. The zero-order chi connectivity index (χ0) is 19.1. The molecule has 0 spiro atoms. The highest BCUT2D eigenvalue weighted by Crippen LogP contribution is 2.39. The van der Waals surface area contributed by atoms with E-state index in [1.807, 2.05) is 4.90 Å². The van der Waals surface area contributed by atoms with Gasteiger partial charge >= 0.3 is 0 Å². The Kier molecular flexibility index (Phi) is 11.8. The fraction of sp³-hybridized carbons (Fsp3) is 0.900. The lowest BCUT2D eigenvalue weighted by molar-refractivity contribution is -0.139. The van der Waals surface area contributed by atoms with E-state index in [1.54, 1.807) is 0 Å². The standard InChI is InChI=1S/C20H36N4O3.2ClH/c21-9-6-18(25)22-16-17-5-1-4-10-24(17)19(26)15-20(7-2-3-8-20)23-11-13-27-14-12-23;;/h17H,1-16,21H2,(H,22,25);2*1H. The first-order chi connectivity index (χ1) is 13.1. The van der Waals surface area contributed by atoms with E-state index in [4.69, 9.17) is 10.5 Å². The number of nitrogens with zero attached hydrogens (tertiary/aromatic N) is 2. The molecule has 3 fully saturated rings. The highest BCUT2D eigenvalue weighted by molar-refractivity contribution is 5.85. The van der Waals surface area contributed by atoms with Crippen LogP contribution in [0.3, 0.4) is 0 Å². The molecule has 29 heavy (non-hydrogen) atoms. The monoisotopic (exact) mass is 452 g/mol. The van der Waals surface area contributed by atoms with Crippen molar-refractivity contribution in [3.63, 3.8) is 0 Å². The summed E-state index contributed by atoms with van der Waals surface area (Å²) in [5.41, 5.74) is 5.47. The van der Waals surface area contributed by atoms with E-state index in [1.165, 1.54) is 12.8 Å². The number of hydrogen-bond donors (Lipinski definition) is 2. The third-order valence-corrected chi connectivity index (χ3v) is 6.55. The van der Waals surface area contributed by atoms with Crippen LogP contribution in [-0.2, 0) is 14.3 Å². The van der Waals surface area contributed by atoms with E-state index in [-0.39, 0.29) is 48.2 Å². The molecule has 1 saturated carbocycles. The van der Waals surface area contributed by atoms with Crippen molar-refractivity contribution in [2.75, 3.05) is 45.9 Å². The van der Waals surface area contributed by atoms with Gasteiger partial charge in [0.25, 0.3) is 0 Å². The molecule has 2 heterocycles. The Morgan fingerprint density at radius 3 is 2.38 bits per heavy atom. The second-order valence-electron chi connectivity index (χ2n) is 8.29. The summed E-state index contributed by atoms with van der Waals surface area (Å²) in [6.45, 7) is 5.15. The van der Waals surface area contributed by atoms with Crippen molar-refractivity contribution >= 4 is 36.6 Å². The van der Waals surface area contributed by atoms with Crippen LogP contribution in [0.2, 0.25) is 0 Å². The van der Waals surface area contributed by atoms with Crippen molar-refractivity contribution in [3.05, 3.63) is 0 Å². The van der Waals surface area contributed by atoms with Crippen LogP contribution in [0.4, 0.5) is 0 Å². The van der Waals surface area contributed by atoms with Crippen molar-refractivity contribution in [1.29, 1.82) is 0 Å². The van der Waals surface area contributed by atoms with Crippen molar-refractivity contribution in [1.82, 2.24) is 15.1 Å². The van der Waals surface area contributed by atoms with E-state index in [9.17, 15) is 9.59 Å². The van der Waals surface area contributed by atoms with Crippen molar-refractivity contribution in [2.24, 2.45) is 5.73 Å². The SMILES string of the molecule is Cl.Cl.NCCC(=O)NCC1CCCCN1C(=O)CC1(N2CCOCC2)CCCC1. The summed E-state index contributed by atoms with van der Waals surface area (Å²) < 4.78 is 5.53. The van der Waals surface area contributed by atoms with Crippen LogP contribution in [0.15, 0.2) is 0 Å². The Morgan fingerprint density at radius 2 is 1.72 bits per heavy atom. The van der Waals surface area contributed by atoms with E-state index in [0.29, 0.717) is 25.9 Å². The fourth-order valence-electron chi connectivity index (χ4n) is 5.05. The molecule has 2 saturated heterocycles. The molecule has 3 N–H and O–H groups in total. The lowest BCUT2D eigenvalue weighted by Crippen LogP contribution is -2.56. The van der Waals surface area contributed by atoms with Crippen LogP contribution >= 0.6 is 24.8 Å². The number of nitrogens with one attached hydrogen (secondary N) is 1. The number of rotatable bonds is 7. The van der Waals surface area contributed by atoms with Gasteiger partial charge in [0, 0.05) is 57.1 Å². The molecule has 1 aliphatic carbocycles. The summed E-state index contributed by atoms with van der Waals surface area (Å²) in [6, 6.07) is 0.121. The second kappa shape index (κ2) is 13.0. The normalized spacial score (nSPS) is 24.3. The lowest BCUT2D eigenvalue weighted by Gasteiger charge is -2.45. The number of carbonyl (C=O) groups excluding carboxylic acids is 2. The van der Waals surface area contributed by atoms with Gasteiger partial charge in [-0.05, 0) is 32.1 Å². The summed E-state index contributed by atoms with van der Waals surface area (Å²) in [5, 5.41) is 2.96. The van der Waals surface area contributed by atoms with Crippen LogP contribution in [0, 0.1) is 0 Å². The highest BCUT2D eigenvalue weighted by atomic mass is 35.5. The molecule has 0 aromatic carbocycles. The molecule has 0 bridgehead atoms. The van der Waals surface area contributed by atoms with Crippen LogP contribution in [-0.4, -0.2) is 79.1 Å². The van der Waals surface area contributed by atoms with Crippen molar-refractivity contribution in [3.8, 4) is 0 Å². The van der Waals surface area contributed by atoms with Gasteiger partial charge in [0.15, 0.2) is 0 Å². The minimum atomic E-state index is -0.0175. The Labute approximate surface area is 187 Å². The van der Waals surface area contributed by atoms with E-state index in [2.05, 4.69) is 10.2 Å².